The third-order valence-electron chi connectivity index (χ3n) is 8.50. The second kappa shape index (κ2) is 16.4. The third kappa shape index (κ3) is 10.9. The van der Waals surface area contributed by atoms with E-state index >= 15 is 0 Å². The van der Waals surface area contributed by atoms with E-state index in [4.69, 9.17) is 14.2 Å². The van der Waals surface area contributed by atoms with E-state index in [-0.39, 0.29) is 23.0 Å². The van der Waals surface area contributed by atoms with E-state index in [1.807, 2.05) is 12.3 Å². The summed E-state index contributed by atoms with van der Waals surface area (Å²) in [5.74, 6) is 1.40. The molecule has 0 fully saturated rings. The molecule has 0 bridgehead atoms. The Hall–Kier alpha value is -2.90. The predicted molar refractivity (Wildman–Crippen MR) is 179 cm³/mol. The molecule has 1 heterocycles. The highest BCUT2D eigenvalue weighted by Gasteiger charge is 2.31. The molecule has 7 heteroatoms. The predicted octanol–water partition coefficient (Wildman–Crippen LogP) is 8.52. The van der Waals surface area contributed by atoms with E-state index in [2.05, 4.69) is 84.1 Å². The van der Waals surface area contributed by atoms with Crippen molar-refractivity contribution in [1.82, 2.24) is 15.0 Å². The molecule has 0 amide bonds. The number of benzene rings is 1. The summed E-state index contributed by atoms with van der Waals surface area (Å²) in [4.78, 5) is 0. The van der Waals surface area contributed by atoms with Crippen molar-refractivity contribution in [3.8, 4) is 11.5 Å². The number of aromatic hydroxyl groups is 1. The fourth-order valence-electron chi connectivity index (χ4n) is 5.99. The van der Waals surface area contributed by atoms with Crippen molar-refractivity contribution in [1.29, 1.82) is 0 Å². The monoisotopic (exact) mass is 607 g/mol. The lowest BCUT2D eigenvalue weighted by atomic mass is 9.73. The number of aromatic nitrogens is 3. The highest BCUT2D eigenvalue weighted by Crippen LogP contribution is 2.47. The molecule has 0 saturated carbocycles. The van der Waals surface area contributed by atoms with Gasteiger partial charge in [0, 0.05) is 24.1 Å². The Kier molecular flexibility index (Phi) is 13.3. The minimum absolute atomic E-state index is 0.0466. The first-order valence-corrected chi connectivity index (χ1v) is 16.4. The lowest BCUT2D eigenvalue weighted by molar-refractivity contribution is -0.0765. The summed E-state index contributed by atoms with van der Waals surface area (Å²) in [6, 6.07) is 4.07. The van der Waals surface area contributed by atoms with Crippen LogP contribution in [0.2, 0.25) is 0 Å². The summed E-state index contributed by atoms with van der Waals surface area (Å²) >= 11 is 0. The van der Waals surface area contributed by atoms with E-state index in [0.717, 1.165) is 66.7 Å². The number of rotatable bonds is 19. The van der Waals surface area contributed by atoms with E-state index in [1.165, 1.54) is 12.0 Å². The summed E-state index contributed by atoms with van der Waals surface area (Å²) in [6.45, 7) is 24.9. The molecule has 2 unspecified atom stereocenters. The molecule has 244 valence electrons. The van der Waals surface area contributed by atoms with Crippen LogP contribution >= 0.6 is 0 Å². The third-order valence-corrected chi connectivity index (χ3v) is 8.50. The van der Waals surface area contributed by atoms with Crippen LogP contribution in [0, 0.1) is 5.92 Å². The molecule has 0 spiro atoms. The number of hydrogen-bond acceptors (Lipinski definition) is 6. The number of hydrogen-bond donors (Lipinski definition) is 1. The van der Waals surface area contributed by atoms with Crippen LogP contribution in [0.15, 0.2) is 54.8 Å². The standard InChI is InChI=1S/C37H57N3O4/c1-10-12-13-14-29-23-33(41)35(32-22-28(5)15-16-31(32)27(3)4)34(24-29)42-20-21-44-36(6,7)17-19-43-37(8,9)25-30-26-40(18-11-2)39-38-30/h11,22-24,26,31-32,41H,2-3,10,12-21,25H2,1,4-9H3. The quantitative estimate of drug-likeness (QED) is 0.127. The van der Waals surface area contributed by atoms with Gasteiger partial charge in [0.2, 0.25) is 0 Å². The molecule has 44 heavy (non-hydrogen) atoms. The van der Waals surface area contributed by atoms with Crippen molar-refractivity contribution in [3.63, 3.8) is 0 Å². The zero-order valence-electron chi connectivity index (χ0n) is 28.5. The molecule has 2 aromatic rings. The average molecular weight is 608 g/mol. The fraction of sp³-hybridized carbons (Fsp3) is 0.622. The zero-order valence-corrected chi connectivity index (χ0v) is 28.5. The van der Waals surface area contributed by atoms with E-state index in [9.17, 15) is 5.11 Å². The smallest absolute Gasteiger partial charge is 0.127 e. The maximum atomic E-state index is 11.3. The molecule has 3 rings (SSSR count). The van der Waals surface area contributed by atoms with Gasteiger partial charge in [0.1, 0.15) is 18.1 Å². The first-order valence-electron chi connectivity index (χ1n) is 16.4. The fourth-order valence-corrected chi connectivity index (χ4v) is 5.99. The minimum Gasteiger partial charge on any atom is -0.507 e. The van der Waals surface area contributed by atoms with Gasteiger partial charge in [0.25, 0.3) is 0 Å². The molecule has 2 atom stereocenters. The van der Waals surface area contributed by atoms with Crippen molar-refractivity contribution in [2.75, 3.05) is 19.8 Å². The number of unbranched alkanes of at least 4 members (excludes halogenated alkanes) is 2. The van der Waals surface area contributed by atoms with Crippen LogP contribution in [0.4, 0.5) is 0 Å². The van der Waals surface area contributed by atoms with Crippen LogP contribution in [0.25, 0.3) is 0 Å². The molecule has 1 aliphatic carbocycles. The number of nitrogens with zero attached hydrogens (tertiary/aromatic N) is 3. The van der Waals surface area contributed by atoms with Gasteiger partial charge in [-0.3, -0.25) is 0 Å². The first-order chi connectivity index (χ1) is 20.8. The SMILES string of the molecule is C=CCn1cc(CC(C)(C)OCCC(C)(C)OCCOc2cc(CCCCC)cc(O)c2C2C=C(C)CCC2C(=C)C)nn1. The molecule has 7 nitrogen and oxygen atoms in total. The van der Waals surface area contributed by atoms with Gasteiger partial charge < -0.3 is 19.3 Å². The normalized spacial score (nSPS) is 17.4. The topological polar surface area (TPSA) is 78.6 Å². The molecule has 0 saturated heterocycles. The summed E-state index contributed by atoms with van der Waals surface area (Å²) in [7, 11) is 0. The van der Waals surface area contributed by atoms with Gasteiger partial charge >= 0.3 is 0 Å². The van der Waals surface area contributed by atoms with Crippen molar-refractivity contribution >= 4 is 0 Å². The van der Waals surface area contributed by atoms with E-state index in [0.29, 0.717) is 38.5 Å². The average Bonchev–Trinajstić information content (AvgIpc) is 3.36. The maximum absolute atomic E-state index is 11.3. The van der Waals surface area contributed by atoms with Crippen LogP contribution in [-0.2, 0) is 28.9 Å². The van der Waals surface area contributed by atoms with E-state index in [1.54, 1.807) is 10.8 Å². The summed E-state index contributed by atoms with van der Waals surface area (Å²) in [5, 5.41) is 19.7. The number of phenols is 1. The van der Waals surface area contributed by atoms with Gasteiger partial charge in [-0.1, -0.05) is 54.9 Å². The number of ether oxygens (including phenoxy) is 3. The second-order valence-electron chi connectivity index (χ2n) is 13.7. The Balaban J connectivity index is 1.60. The number of allylic oxidation sites excluding steroid dienone is 4. The lowest BCUT2D eigenvalue weighted by Gasteiger charge is -2.32. The van der Waals surface area contributed by atoms with Crippen molar-refractivity contribution in [3.05, 3.63) is 71.6 Å². The Labute approximate surface area is 266 Å². The molecular formula is C37H57N3O4. The lowest BCUT2D eigenvalue weighted by Crippen LogP contribution is -2.33. The van der Waals surface area contributed by atoms with Crippen LogP contribution < -0.4 is 4.74 Å². The summed E-state index contributed by atoms with van der Waals surface area (Å²) in [6.07, 6.45) is 13.9. The number of phenolic OH excluding ortho intramolecular Hbond substituents is 1. The molecule has 1 aliphatic rings. The van der Waals surface area contributed by atoms with Crippen LogP contribution in [0.3, 0.4) is 0 Å². The van der Waals surface area contributed by atoms with Crippen LogP contribution in [-0.4, -0.2) is 51.1 Å². The molecule has 1 aromatic heterocycles. The molecule has 1 N–H and O–H groups in total. The highest BCUT2D eigenvalue weighted by atomic mass is 16.5. The molecule has 1 aromatic carbocycles. The first kappa shape index (κ1) is 35.6. The van der Waals surface area contributed by atoms with Crippen molar-refractivity contribution in [2.45, 2.75) is 123 Å². The Bertz CT molecular complexity index is 1260. The van der Waals surface area contributed by atoms with Gasteiger partial charge in [-0.15, -0.1) is 11.7 Å². The second-order valence-corrected chi connectivity index (χ2v) is 13.7. The van der Waals surface area contributed by atoms with Gasteiger partial charge in [-0.2, -0.15) is 0 Å². The van der Waals surface area contributed by atoms with Crippen molar-refractivity contribution in [2.24, 2.45) is 5.92 Å². The van der Waals surface area contributed by atoms with Gasteiger partial charge in [0.05, 0.1) is 36.7 Å². The number of aryl methyl sites for hydroxylation is 1. The summed E-state index contributed by atoms with van der Waals surface area (Å²) in [5.41, 5.74) is 4.62. The molecule has 0 radical (unpaired) electrons. The van der Waals surface area contributed by atoms with Crippen molar-refractivity contribution < 1.29 is 19.3 Å². The molecule has 0 aliphatic heterocycles. The van der Waals surface area contributed by atoms with Gasteiger partial charge in [0.15, 0.2) is 0 Å². The Morgan fingerprint density at radius 1 is 1.11 bits per heavy atom. The van der Waals surface area contributed by atoms with Crippen LogP contribution in [0.1, 0.15) is 110 Å². The zero-order chi connectivity index (χ0) is 32.3. The highest BCUT2D eigenvalue weighted by molar-refractivity contribution is 5.52. The van der Waals surface area contributed by atoms with Crippen LogP contribution in [0.5, 0.6) is 11.5 Å². The molecular weight excluding hydrogens is 550 g/mol. The Morgan fingerprint density at radius 3 is 2.57 bits per heavy atom. The van der Waals surface area contributed by atoms with Gasteiger partial charge in [-0.25, -0.2) is 4.68 Å². The minimum atomic E-state index is -0.381. The Morgan fingerprint density at radius 2 is 1.86 bits per heavy atom. The summed E-state index contributed by atoms with van der Waals surface area (Å²) < 4.78 is 20.7. The largest absolute Gasteiger partial charge is 0.507 e. The van der Waals surface area contributed by atoms with Gasteiger partial charge in [-0.05, 0) is 97.3 Å². The van der Waals surface area contributed by atoms with E-state index < -0.39 is 0 Å². The maximum Gasteiger partial charge on any atom is 0.127 e.